The van der Waals surface area contributed by atoms with E-state index in [9.17, 15) is 4.79 Å². The van der Waals surface area contributed by atoms with Crippen molar-refractivity contribution in [2.75, 3.05) is 6.61 Å². The number of carbonyl (C=O) groups excluding carboxylic acids is 1. The van der Waals surface area contributed by atoms with Gasteiger partial charge < -0.3 is 21.0 Å². The summed E-state index contributed by atoms with van der Waals surface area (Å²) in [6.07, 6.45) is 6.22. The molecule has 0 aromatic carbocycles. The molecule has 0 spiro atoms. The lowest BCUT2D eigenvalue weighted by Crippen LogP contribution is -2.56. The molecule has 0 bridgehead atoms. The minimum atomic E-state index is -0.630. The zero-order valence-corrected chi connectivity index (χ0v) is 12.1. The quantitative estimate of drug-likeness (QED) is 0.297. The van der Waals surface area contributed by atoms with Crippen LogP contribution in [0.1, 0.15) is 51.9 Å². The largest absolute Gasteiger partial charge is 0.409 e. The number of amidine groups is 1. The average Bonchev–Trinajstić information content (AvgIpc) is 2.85. The molecule has 2 aliphatic carbocycles. The lowest BCUT2D eigenvalue weighted by molar-refractivity contribution is -0.125. The third kappa shape index (κ3) is 3.23. The van der Waals surface area contributed by atoms with Crippen LogP contribution in [0.5, 0.6) is 0 Å². The first-order valence-corrected chi connectivity index (χ1v) is 7.50. The molecule has 114 valence electrons. The molecule has 0 aromatic heterocycles. The van der Waals surface area contributed by atoms with Gasteiger partial charge in [0, 0.05) is 13.0 Å². The van der Waals surface area contributed by atoms with Crippen LogP contribution in [0.25, 0.3) is 0 Å². The molecular formula is C14H25N3O3. The van der Waals surface area contributed by atoms with Gasteiger partial charge in [0.2, 0.25) is 5.91 Å². The van der Waals surface area contributed by atoms with Gasteiger partial charge in [-0.05, 0) is 38.5 Å². The van der Waals surface area contributed by atoms with Gasteiger partial charge in [0.05, 0.1) is 6.10 Å². The van der Waals surface area contributed by atoms with Gasteiger partial charge in [-0.1, -0.05) is 18.0 Å². The summed E-state index contributed by atoms with van der Waals surface area (Å²) in [6, 6.07) is 0. The van der Waals surface area contributed by atoms with E-state index < -0.39 is 5.54 Å². The first-order valence-electron chi connectivity index (χ1n) is 7.50. The molecule has 0 saturated heterocycles. The highest BCUT2D eigenvalue weighted by molar-refractivity contribution is 5.94. The van der Waals surface area contributed by atoms with Gasteiger partial charge in [0.25, 0.3) is 0 Å². The van der Waals surface area contributed by atoms with Crippen LogP contribution < -0.4 is 11.1 Å². The van der Waals surface area contributed by atoms with Crippen molar-refractivity contribution in [3.05, 3.63) is 0 Å². The van der Waals surface area contributed by atoms with Gasteiger partial charge in [-0.15, -0.1) is 0 Å². The molecule has 0 radical (unpaired) electrons. The summed E-state index contributed by atoms with van der Waals surface area (Å²) >= 11 is 0. The van der Waals surface area contributed by atoms with Gasteiger partial charge in [0.1, 0.15) is 5.54 Å². The molecule has 6 heteroatoms. The molecule has 0 atom stereocenters. The third-order valence-corrected chi connectivity index (χ3v) is 4.50. The number of nitrogens with one attached hydrogen (secondary N) is 1. The summed E-state index contributed by atoms with van der Waals surface area (Å²) in [7, 11) is 0. The lowest BCUT2D eigenvalue weighted by Gasteiger charge is -2.36. The van der Waals surface area contributed by atoms with Crippen LogP contribution in [0.3, 0.4) is 0 Å². The van der Waals surface area contributed by atoms with E-state index in [0.717, 1.165) is 45.1 Å². The number of ether oxygens (including phenoxy) is 1. The van der Waals surface area contributed by atoms with E-state index in [-0.39, 0.29) is 11.7 Å². The predicted octanol–water partition coefficient (Wildman–Crippen LogP) is 1.37. The van der Waals surface area contributed by atoms with E-state index >= 15 is 0 Å². The van der Waals surface area contributed by atoms with E-state index in [2.05, 4.69) is 10.5 Å². The maximum absolute atomic E-state index is 12.1. The highest BCUT2D eigenvalue weighted by Gasteiger charge is 2.40. The van der Waals surface area contributed by atoms with Crippen LogP contribution in [0, 0.1) is 5.92 Å². The van der Waals surface area contributed by atoms with Crippen LogP contribution in [-0.4, -0.2) is 35.2 Å². The van der Waals surface area contributed by atoms with E-state index in [0.29, 0.717) is 18.4 Å². The highest BCUT2D eigenvalue weighted by atomic mass is 16.5. The average molecular weight is 283 g/mol. The number of nitrogens with two attached hydrogens (primary N) is 1. The summed E-state index contributed by atoms with van der Waals surface area (Å²) in [5.74, 6) is 0.528. The number of hydrogen-bond donors (Lipinski definition) is 3. The van der Waals surface area contributed by atoms with E-state index in [1.54, 1.807) is 0 Å². The monoisotopic (exact) mass is 283 g/mol. The Hall–Kier alpha value is -1.30. The van der Waals surface area contributed by atoms with Crippen LogP contribution in [0.15, 0.2) is 5.16 Å². The van der Waals surface area contributed by atoms with Crippen molar-refractivity contribution in [2.24, 2.45) is 16.8 Å². The molecule has 4 N–H and O–H groups in total. The van der Waals surface area contributed by atoms with Crippen LogP contribution in [-0.2, 0) is 9.53 Å². The Balaban J connectivity index is 1.81. The van der Waals surface area contributed by atoms with Gasteiger partial charge in [-0.25, -0.2) is 0 Å². The highest BCUT2D eigenvalue weighted by Crippen LogP contribution is 2.34. The Bertz CT molecular complexity index is 372. The van der Waals surface area contributed by atoms with Crippen molar-refractivity contribution in [3.63, 3.8) is 0 Å². The number of rotatable bonds is 6. The second-order valence-corrected chi connectivity index (χ2v) is 5.94. The molecule has 1 amide bonds. The second kappa shape index (κ2) is 6.43. The van der Waals surface area contributed by atoms with Gasteiger partial charge >= 0.3 is 0 Å². The van der Waals surface area contributed by atoms with Crippen molar-refractivity contribution in [3.8, 4) is 0 Å². The van der Waals surface area contributed by atoms with Crippen molar-refractivity contribution in [1.82, 2.24) is 5.32 Å². The molecule has 2 fully saturated rings. The molecule has 2 saturated carbocycles. The fourth-order valence-corrected chi connectivity index (χ4v) is 3.31. The number of oxime groups is 1. The van der Waals surface area contributed by atoms with Gasteiger partial charge in [-0.2, -0.15) is 0 Å². The maximum Gasteiger partial charge on any atom is 0.221 e. The standard InChI is InChI=1S/C14H25N3O3/c1-2-20-11-7-10(8-11)9-12(18)16-14(13(15)17-19)5-3-4-6-14/h10-11,19H,2-9H2,1H3,(H2,15,17)(H,16,18). The first-order chi connectivity index (χ1) is 9.59. The Kier molecular flexibility index (Phi) is 4.86. The zero-order chi connectivity index (χ0) is 14.6. The summed E-state index contributed by atoms with van der Waals surface area (Å²) < 4.78 is 5.49. The minimum absolute atomic E-state index is 0.00144. The third-order valence-electron chi connectivity index (χ3n) is 4.50. The minimum Gasteiger partial charge on any atom is -0.409 e. The molecule has 2 aliphatic rings. The number of nitrogens with zero attached hydrogens (tertiary/aromatic N) is 1. The molecule has 6 nitrogen and oxygen atoms in total. The number of hydrogen-bond acceptors (Lipinski definition) is 4. The Morgan fingerprint density at radius 2 is 2.10 bits per heavy atom. The molecule has 0 unspecified atom stereocenters. The molecule has 2 rings (SSSR count). The van der Waals surface area contributed by atoms with Gasteiger partial charge in [-0.3, -0.25) is 4.79 Å². The Labute approximate surface area is 119 Å². The molecule has 20 heavy (non-hydrogen) atoms. The SMILES string of the molecule is CCOC1CC(CC(=O)NC2(C(N)=NO)CCCC2)C1. The summed E-state index contributed by atoms with van der Waals surface area (Å²) in [5, 5.41) is 15.0. The summed E-state index contributed by atoms with van der Waals surface area (Å²) in [6.45, 7) is 2.72. The lowest BCUT2D eigenvalue weighted by atomic mass is 9.79. The van der Waals surface area contributed by atoms with Crippen molar-refractivity contribution >= 4 is 11.7 Å². The Morgan fingerprint density at radius 1 is 1.45 bits per heavy atom. The van der Waals surface area contributed by atoms with E-state index in [1.165, 1.54) is 0 Å². The summed E-state index contributed by atoms with van der Waals surface area (Å²) in [5.41, 5.74) is 5.14. The number of amides is 1. The summed E-state index contributed by atoms with van der Waals surface area (Å²) in [4.78, 5) is 12.1. The van der Waals surface area contributed by atoms with Crippen LogP contribution >= 0.6 is 0 Å². The Morgan fingerprint density at radius 3 is 2.65 bits per heavy atom. The molecular weight excluding hydrogens is 258 g/mol. The van der Waals surface area contributed by atoms with E-state index in [1.807, 2.05) is 6.92 Å². The fourth-order valence-electron chi connectivity index (χ4n) is 3.31. The molecule has 0 aromatic rings. The molecule has 0 heterocycles. The van der Waals surface area contributed by atoms with Crippen molar-refractivity contribution in [1.29, 1.82) is 0 Å². The fraction of sp³-hybridized carbons (Fsp3) is 0.857. The van der Waals surface area contributed by atoms with Crippen molar-refractivity contribution in [2.45, 2.75) is 63.5 Å². The maximum atomic E-state index is 12.1. The van der Waals surface area contributed by atoms with Crippen LogP contribution in [0.4, 0.5) is 0 Å². The second-order valence-electron chi connectivity index (χ2n) is 5.94. The van der Waals surface area contributed by atoms with E-state index in [4.69, 9.17) is 15.7 Å². The first kappa shape index (κ1) is 15.1. The predicted molar refractivity (Wildman–Crippen MR) is 75.5 cm³/mol. The smallest absolute Gasteiger partial charge is 0.221 e. The van der Waals surface area contributed by atoms with Crippen molar-refractivity contribution < 1.29 is 14.7 Å². The topological polar surface area (TPSA) is 96.9 Å². The number of carbonyl (C=O) groups is 1. The zero-order valence-electron chi connectivity index (χ0n) is 12.1. The molecule has 0 aliphatic heterocycles. The van der Waals surface area contributed by atoms with Gasteiger partial charge in [0.15, 0.2) is 5.84 Å². The normalized spacial score (nSPS) is 28.9. The van der Waals surface area contributed by atoms with Crippen LogP contribution in [0.2, 0.25) is 0 Å².